The molecule has 0 aromatic carbocycles. The van der Waals surface area contributed by atoms with Gasteiger partial charge in [0.2, 0.25) is 10.0 Å². The molecule has 0 saturated carbocycles. The number of aryl methyl sites for hydroxylation is 1. The quantitative estimate of drug-likeness (QED) is 0.785. The van der Waals surface area contributed by atoms with Crippen LogP contribution in [0.25, 0.3) is 0 Å². The van der Waals surface area contributed by atoms with Crippen LogP contribution in [0.15, 0.2) is 17.3 Å². The van der Waals surface area contributed by atoms with Gasteiger partial charge in [0.1, 0.15) is 4.90 Å². The fourth-order valence-electron chi connectivity index (χ4n) is 2.68. The summed E-state index contributed by atoms with van der Waals surface area (Å²) in [5.74, 6) is 0.510. The highest BCUT2D eigenvalue weighted by atomic mass is 32.2. The van der Waals surface area contributed by atoms with E-state index in [1.807, 2.05) is 0 Å². The fourth-order valence-corrected chi connectivity index (χ4v) is 3.73. The van der Waals surface area contributed by atoms with Gasteiger partial charge < -0.3 is 4.74 Å². The first-order valence-electron chi connectivity index (χ1n) is 7.68. The molecule has 126 valence electrons. The van der Waals surface area contributed by atoms with E-state index in [0.29, 0.717) is 25.7 Å². The van der Waals surface area contributed by atoms with Gasteiger partial charge in [-0.05, 0) is 12.3 Å². The van der Waals surface area contributed by atoms with E-state index in [2.05, 4.69) is 28.6 Å². The molecule has 1 fully saturated rings. The lowest BCUT2D eigenvalue weighted by atomic mass is 10.0. The van der Waals surface area contributed by atoms with Crippen molar-refractivity contribution in [2.24, 2.45) is 13.0 Å². The fraction of sp³-hybridized carbons (Fsp3) is 0.786. The molecule has 1 unspecified atom stereocenters. The molecular formula is C14H26N4O3S. The molecule has 7 nitrogen and oxygen atoms in total. The van der Waals surface area contributed by atoms with Gasteiger partial charge in [0.15, 0.2) is 0 Å². The van der Waals surface area contributed by atoms with Gasteiger partial charge in [-0.3, -0.25) is 9.58 Å². The second kappa shape index (κ2) is 7.54. The normalized spacial score (nSPS) is 18.7. The van der Waals surface area contributed by atoms with Crippen molar-refractivity contribution in [3.8, 4) is 0 Å². The van der Waals surface area contributed by atoms with Crippen molar-refractivity contribution in [1.29, 1.82) is 0 Å². The minimum atomic E-state index is -3.50. The van der Waals surface area contributed by atoms with Crippen molar-refractivity contribution in [3.05, 3.63) is 12.4 Å². The van der Waals surface area contributed by atoms with Crippen molar-refractivity contribution in [2.75, 3.05) is 32.8 Å². The first-order chi connectivity index (χ1) is 10.4. The number of aromatic nitrogens is 2. The van der Waals surface area contributed by atoms with Gasteiger partial charge in [-0.1, -0.05) is 13.8 Å². The highest BCUT2D eigenvalue weighted by Crippen LogP contribution is 2.14. The van der Waals surface area contributed by atoms with E-state index in [-0.39, 0.29) is 10.9 Å². The molecule has 0 bridgehead atoms. The van der Waals surface area contributed by atoms with Gasteiger partial charge in [-0.15, -0.1) is 0 Å². The number of nitrogens with zero attached hydrogens (tertiary/aromatic N) is 3. The van der Waals surface area contributed by atoms with E-state index in [9.17, 15) is 8.42 Å². The predicted octanol–water partition coefficient (Wildman–Crippen LogP) is 0.445. The van der Waals surface area contributed by atoms with Gasteiger partial charge >= 0.3 is 0 Å². The third kappa shape index (κ3) is 4.77. The van der Waals surface area contributed by atoms with Crippen LogP contribution in [0.3, 0.4) is 0 Å². The minimum Gasteiger partial charge on any atom is -0.379 e. The molecule has 1 aliphatic heterocycles. The third-order valence-electron chi connectivity index (χ3n) is 3.81. The molecule has 1 aromatic rings. The van der Waals surface area contributed by atoms with E-state index < -0.39 is 10.0 Å². The number of ether oxygens (including phenoxy) is 1. The number of rotatable bonds is 7. The molecule has 8 heteroatoms. The molecule has 1 N–H and O–H groups in total. The van der Waals surface area contributed by atoms with Crippen molar-refractivity contribution < 1.29 is 13.2 Å². The van der Waals surface area contributed by atoms with Crippen molar-refractivity contribution in [3.63, 3.8) is 0 Å². The molecule has 0 aliphatic carbocycles. The molecule has 1 atom stereocenters. The van der Waals surface area contributed by atoms with Gasteiger partial charge in [0.25, 0.3) is 0 Å². The Hall–Kier alpha value is -0.960. The first-order valence-corrected chi connectivity index (χ1v) is 9.17. The van der Waals surface area contributed by atoms with E-state index in [1.54, 1.807) is 7.05 Å². The Kier molecular flexibility index (Phi) is 5.96. The standard InChI is InChI=1S/C14H26N4O3S/c1-12(2)8-13(18-4-6-21-7-5-18)9-16-22(19,20)14-10-15-17(3)11-14/h10-13,16H,4-9H2,1-3H3. The van der Waals surface area contributed by atoms with Crippen LogP contribution in [0.1, 0.15) is 20.3 Å². The lowest BCUT2D eigenvalue weighted by molar-refractivity contribution is 0.0134. The van der Waals surface area contributed by atoms with Crippen molar-refractivity contribution >= 4 is 10.0 Å². The van der Waals surface area contributed by atoms with Crippen LogP contribution in [-0.2, 0) is 21.8 Å². The van der Waals surface area contributed by atoms with E-state index in [4.69, 9.17) is 4.74 Å². The molecule has 2 rings (SSSR count). The Morgan fingerprint density at radius 1 is 1.36 bits per heavy atom. The van der Waals surface area contributed by atoms with E-state index in [1.165, 1.54) is 17.1 Å². The summed E-state index contributed by atoms with van der Waals surface area (Å²) in [5, 5.41) is 3.92. The molecule has 0 radical (unpaired) electrons. The smallest absolute Gasteiger partial charge is 0.243 e. The summed E-state index contributed by atoms with van der Waals surface area (Å²) < 4.78 is 34.2. The number of sulfonamides is 1. The molecule has 0 amide bonds. The maximum absolute atomic E-state index is 12.3. The zero-order valence-corrected chi connectivity index (χ0v) is 14.3. The Morgan fingerprint density at radius 3 is 2.59 bits per heavy atom. The number of nitrogens with one attached hydrogen (secondary N) is 1. The van der Waals surface area contributed by atoms with Gasteiger partial charge in [0.05, 0.1) is 19.4 Å². The second-order valence-corrected chi connectivity index (χ2v) is 7.90. The average molecular weight is 330 g/mol. The topological polar surface area (TPSA) is 76.5 Å². The van der Waals surface area contributed by atoms with Crippen LogP contribution in [0.2, 0.25) is 0 Å². The van der Waals surface area contributed by atoms with Crippen LogP contribution < -0.4 is 4.72 Å². The minimum absolute atomic E-state index is 0.190. The lowest BCUT2D eigenvalue weighted by Gasteiger charge is -2.35. The summed E-state index contributed by atoms with van der Waals surface area (Å²) in [7, 11) is -1.80. The summed E-state index contributed by atoms with van der Waals surface area (Å²) in [4.78, 5) is 2.52. The summed E-state index contributed by atoms with van der Waals surface area (Å²) in [6, 6.07) is 0.190. The predicted molar refractivity (Wildman–Crippen MR) is 84.0 cm³/mol. The third-order valence-corrected chi connectivity index (χ3v) is 5.18. The van der Waals surface area contributed by atoms with Gasteiger partial charge in [0, 0.05) is 38.9 Å². The molecule has 1 saturated heterocycles. The average Bonchev–Trinajstić information content (AvgIpc) is 2.91. The molecule has 1 aliphatic rings. The summed E-state index contributed by atoms with van der Waals surface area (Å²) in [5.41, 5.74) is 0. The molecule has 0 spiro atoms. The van der Waals surface area contributed by atoms with Gasteiger partial charge in [-0.25, -0.2) is 13.1 Å². The van der Waals surface area contributed by atoms with Crippen LogP contribution in [-0.4, -0.2) is 62.0 Å². The summed E-state index contributed by atoms with van der Waals surface area (Å²) >= 11 is 0. The number of hydrogen-bond acceptors (Lipinski definition) is 5. The van der Waals surface area contributed by atoms with Crippen molar-refractivity contribution in [2.45, 2.75) is 31.2 Å². The molecule has 1 aromatic heterocycles. The maximum atomic E-state index is 12.3. The maximum Gasteiger partial charge on any atom is 0.243 e. The van der Waals surface area contributed by atoms with E-state index in [0.717, 1.165) is 19.5 Å². The summed E-state index contributed by atoms with van der Waals surface area (Å²) in [6.07, 6.45) is 3.83. The van der Waals surface area contributed by atoms with Crippen molar-refractivity contribution in [1.82, 2.24) is 19.4 Å². The van der Waals surface area contributed by atoms with Crippen LogP contribution in [0.5, 0.6) is 0 Å². The van der Waals surface area contributed by atoms with Crippen LogP contribution in [0.4, 0.5) is 0 Å². The molecule has 22 heavy (non-hydrogen) atoms. The second-order valence-electron chi connectivity index (χ2n) is 6.13. The zero-order chi connectivity index (χ0) is 16.2. The first kappa shape index (κ1) is 17.4. The van der Waals surface area contributed by atoms with E-state index >= 15 is 0 Å². The number of morpholine rings is 1. The Labute approximate surface area is 132 Å². The highest BCUT2D eigenvalue weighted by Gasteiger charge is 2.24. The molecular weight excluding hydrogens is 304 g/mol. The van der Waals surface area contributed by atoms with Gasteiger partial charge in [-0.2, -0.15) is 5.10 Å². The Balaban J connectivity index is 2.00. The molecule has 2 heterocycles. The van der Waals surface area contributed by atoms with Crippen LogP contribution >= 0.6 is 0 Å². The van der Waals surface area contributed by atoms with Crippen LogP contribution in [0, 0.1) is 5.92 Å². The Bertz CT molecular complexity index is 564. The lowest BCUT2D eigenvalue weighted by Crippen LogP contribution is -2.49. The Morgan fingerprint density at radius 2 is 2.05 bits per heavy atom. The summed E-state index contributed by atoms with van der Waals surface area (Å²) in [6.45, 7) is 7.85. The monoisotopic (exact) mass is 330 g/mol. The SMILES string of the molecule is CC(C)CC(CNS(=O)(=O)c1cnn(C)c1)N1CCOCC1. The largest absolute Gasteiger partial charge is 0.379 e. The zero-order valence-electron chi connectivity index (χ0n) is 13.5. The number of hydrogen-bond donors (Lipinski definition) is 1. The highest BCUT2D eigenvalue weighted by molar-refractivity contribution is 7.89.